The van der Waals surface area contributed by atoms with Gasteiger partial charge in [0.15, 0.2) is 11.6 Å². The molecule has 4 nitrogen and oxygen atoms in total. The molecule has 1 unspecified atom stereocenters. The Bertz CT molecular complexity index is 802. The Morgan fingerprint density at radius 3 is 2.46 bits per heavy atom. The van der Waals surface area contributed by atoms with Crippen molar-refractivity contribution in [1.82, 2.24) is 10.6 Å². The van der Waals surface area contributed by atoms with Crippen molar-refractivity contribution in [2.75, 3.05) is 7.05 Å². The van der Waals surface area contributed by atoms with Crippen LogP contribution < -0.4 is 10.6 Å². The fourth-order valence-corrected chi connectivity index (χ4v) is 2.58. The summed E-state index contributed by atoms with van der Waals surface area (Å²) < 4.78 is 27.1. The Kier molecular flexibility index (Phi) is 5.90. The number of carbonyl (C=O) groups is 2. The Morgan fingerprint density at radius 2 is 1.83 bits per heavy atom. The Morgan fingerprint density at radius 1 is 1.12 bits per heavy atom. The monoisotopic (exact) mass is 416 g/mol. The Hall–Kier alpha value is -1.99. The molecule has 0 spiro atoms. The van der Waals surface area contributed by atoms with Crippen molar-refractivity contribution in [1.29, 1.82) is 0 Å². The van der Waals surface area contributed by atoms with Gasteiger partial charge in [-0.1, -0.05) is 33.6 Å². The molecule has 0 aliphatic rings. The highest BCUT2D eigenvalue weighted by Gasteiger charge is 2.24. The van der Waals surface area contributed by atoms with E-state index < -0.39 is 29.5 Å². The van der Waals surface area contributed by atoms with Gasteiger partial charge in [0.2, 0.25) is 5.91 Å². The van der Waals surface area contributed by atoms with Gasteiger partial charge in [-0.25, -0.2) is 8.78 Å². The molecule has 0 saturated heterocycles. The molecule has 126 valence electrons. The predicted molar refractivity (Wildman–Crippen MR) is 89.8 cm³/mol. The highest BCUT2D eigenvalue weighted by atomic mass is 79.9. The number of likely N-dealkylation sites (N-methyl/N-ethyl adjacent to an activating group) is 1. The van der Waals surface area contributed by atoms with Gasteiger partial charge in [0.1, 0.15) is 6.04 Å². The first kappa shape index (κ1) is 18.4. The molecule has 0 aliphatic heterocycles. The third-order valence-corrected chi connectivity index (χ3v) is 4.06. The minimum Gasteiger partial charge on any atom is -0.357 e. The number of hydrogen-bond acceptors (Lipinski definition) is 2. The summed E-state index contributed by atoms with van der Waals surface area (Å²) in [7, 11) is 1.37. The number of amides is 2. The largest absolute Gasteiger partial charge is 0.357 e. The number of hydrogen-bond donors (Lipinski definition) is 2. The fourth-order valence-electron chi connectivity index (χ4n) is 2.02. The van der Waals surface area contributed by atoms with Crippen LogP contribution in [-0.2, 0) is 4.79 Å². The lowest BCUT2D eigenvalue weighted by Crippen LogP contribution is -2.39. The molecule has 2 amide bonds. The van der Waals surface area contributed by atoms with Crippen molar-refractivity contribution < 1.29 is 18.4 Å². The summed E-state index contributed by atoms with van der Waals surface area (Å²) in [5.41, 5.74) is 0.246. The quantitative estimate of drug-likeness (QED) is 0.799. The van der Waals surface area contributed by atoms with E-state index in [0.29, 0.717) is 4.47 Å². The predicted octanol–water partition coefficient (Wildman–Crippen LogP) is 3.60. The van der Waals surface area contributed by atoms with E-state index in [-0.39, 0.29) is 16.1 Å². The van der Waals surface area contributed by atoms with E-state index in [2.05, 4.69) is 26.6 Å². The number of benzene rings is 2. The summed E-state index contributed by atoms with van der Waals surface area (Å²) in [6.45, 7) is 0. The Balaban J connectivity index is 2.35. The van der Waals surface area contributed by atoms with E-state index in [1.807, 2.05) is 0 Å². The molecule has 2 N–H and O–H groups in total. The molecule has 2 rings (SSSR count). The maximum absolute atomic E-state index is 13.4. The van der Waals surface area contributed by atoms with Gasteiger partial charge in [0.25, 0.3) is 5.91 Å². The Labute approximate surface area is 150 Å². The van der Waals surface area contributed by atoms with Crippen LogP contribution in [0.25, 0.3) is 0 Å². The lowest BCUT2D eigenvalue weighted by Gasteiger charge is -2.18. The van der Waals surface area contributed by atoms with Gasteiger partial charge in [-0.2, -0.15) is 0 Å². The molecule has 2 aromatic carbocycles. The average Bonchev–Trinajstić information content (AvgIpc) is 2.56. The SMILES string of the molecule is CNC(=O)C(NC(=O)c1cc(Br)ccc1Cl)c1ccc(F)c(F)c1. The maximum atomic E-state index is 13.4. The normalized spacial score (nSPS) is 11.7. The van der Waals surface area contributed by atoms with Crippen molar-refractivity contribution >= 4 is 39.3 Å². The zero-order valence-corrected chi connectivity index (χ0v) is 14.7. The minimum absolute atomic E-state index is 0.104. The minimum atomic E-state index is -1.20. The lowest BCUT2D eigenvalue weighted by molar-refractivity contribution is -0.122. The van der Waals surface area contributed by atoms with Gasteiger partial charge in [0.05, 0.1) is 10.6 Å². The first-order valence-corrected chi connectivity index (χ1v) is 7.93. The number of halogens is 4. The second-order valence-corrected chi connectivity index (χ2v) is 6.14. The third kappa shape index (κ3) is 4.10. The highest BCUT2D eigenvalue weighted by Crippen LogP contribution is 2.23. The van der Waals surface area contributed by atoms with Crippen molar-refractivity contribution in [3.05, 3.63) is 68.7 Å². The van der Waals surface area contributed by atoms with Gasteiger partial charge in [-0.05, 0) is 35.9 Å². The summed E-state index contributed by atoms with van der Waals surface area (Å²) in [6.07, 6.45) is 0. The summed E-state index contributed by atoms with van der Waals surface area (Å²) in [5.74, 6) is -3.37. The molecule has 0 bridgehead atoms. The van der Waals surface area contributed by atoms with Crippen LogP contribution in [0.3, 0.4) is 0 Å². The third-order valence-electron chi connectivity index (χ3n) is 3.23. The molecule has 0 aliphatic carbocycles. The van der Waals surface area contributed by atoms with Crippen LogP contribution >= 0.6 is 27.5 Å². The van der Waals surface area contributed by atoms with E-state index in [0.717, 1.165) is 12.1 Å². The highest BCUT2D eigenvalue weighted by molar-refractivity contribution is 9.10. The zero-order valence-electron chi connectivity index (χ0n) is 12.4. The van der Waals surface area contributed by atoms with E-state index in [4.69, 9.17) is 11.6 Å². The van der Waals surface area contributed by atoms with E-state index in [9.17, 15) is 18.4 Å². The summed E-state index contributed by atoms with van der Waals surface area (Å²) in [5, 5.41) is 5.03. The summed E-state index contributed by atoms with van der Waals surface area (Å²) in [6, 6.07) is 6.44. The lowest BCUT2D eigenvalue weighted by atomic mass is 10.0. The molecule has 0 fully saturated rings. The van der Waals surface area contributed by atoms with Gasteiger partial charge in [-0.15, -0.1) is 0 Å². The van der Waals surface area contributed by atoms with E-state index in [1.165, 1.54) is 25.2 Å². The van der Waals surface area contributed by atoms with Crippen molar-refractivity contribution in [2.24, 2.45) is 0 Å². The number of rotatable bonds is 4. The first-order chi connectivity index (χ1) is 11.3. The van der Waals surface area contributed by atoms with Crippen LogP contribution in [0.2, 0.25) is 5.02 Å². The molecule has 8 heteroatoms. The van der Waals surface area contributed by atoms with Crippen LogP contribution in [0.15, 0.2) is 40.9 Å². The van der Waals surface area contributed by atoms with Crippen LogP contribution in [0.5, 0.6) is 0 Å². The van der Waals surface area contributed by atoms with Gasteiger partial charge >= 0.3 is 0 Å². The van der Waals surface area contributed by atoms with Crippen LogP contribution in [0, 0.1) is 11.6 Å². The fraction of sp³-hybridized carbons (Fsp3) is 0.125. The standard InChI is InChI=1S/C16H12BrClF2N2O2/c1-21-16(24)14(8-2-5-12(19)13(20)6-8)22-15(23)10-7-9(17)3-4-11(10)18/h2-7,14H,1H3,(H,21,24)(H,22,23). The average molecular weight is 418 g/mol. The molecule has 0 saturated carbocycles. The van der Waals surface area contributed by atoms with Gasteiger partial charge < -0.3 is 10.6 Å². The van der Waals surface area contributed by atoms with E-state index in [1.54, 1.807) is 6.07 Å². The maximum Gasteiger partial charge on any atom is 0.253 e. The van der Waals surface area contributed by atoms with E-state index >= 15 is 0 Å². The van der Waals surface area contributed by atoms with Crippen LogP contribution in [0.4, 0.5) is 8.78 Å². The van der Waals surface area contributed by atoms with Crippen LogP contribution in [-0.4, -0.2) is 18.9 Å². The van der Waals surface area contributed by atoms with Crippen LogP contribution in [0.1, 0.15) is 22.0 Å². The second-order valence-electron chi connectivity index (χ2n) is 4.82. The molecule has 0 aromatic heterocycles. The number of carbonyl (C=O) groups excluding carboxylic acids is 2. The van der Waals surface area contributed by atoms with Crippen molar-refractivity contribution in [2.45, 2.75) is 6.04 Å². The molecular formula is C16H12BrClF2N2O2. The summed E-state index contributed by atoms with van der Waals surface area (Å²) >= 11 is 9.21. The molecule has 1 atom stereocenters. The summed E-state index contributed by atoms with van der Waals surface area (Å²) in [4.78, 5) is 24.5. The molecule has 0 heterocycles. The van der Waals surface area contributed by atoms with Crippen molar-refractivity contribution in [3.8, 4) is 0 Å². The molecule has 0 radical (unpaired) electrons. The van der Waals surface area contributed by atoms with Gasteiger partial charge in [-0.3, -0.25) is 9.59 Å². The molecular weight excluding hydrogens is 406 g/mol. The topological polar surface area (TPSA) is 58.2 Å². The number of nitrogens with one attached hydrogen (secondary N) is 2. The smallest absolute Gasteiger partial charge is 0.253 e. The molecule has 2 aromatic rings. The first-order valence-electron chi connectivity index (χ1n) is 6.76. The zero-order chi connectivity index (χ0) is 17.9. The van der Waals surface area contributed by atoms with Crippen molar-refractivity contribution in [3.63, 3.8) is 0 Å². The molecule has 24 heavy (non-hydrogen) atoms. The van der Waals surface area contributed by atoms with Gasteiger partial charge in [0, 0.05) is 11.5 Å². The second kappa shape index (κ2) is 7.72.